The van der Waals surface area contributed by atoms with Crippen molar-refractivity contribution in [2.45, 2.75) is 19.3 Å². The fourth-order valence-electron chi connectivity index (χ4n) is 8.21. The molecule has 0 saturated heterocycles. The third kappa shape index (κ3) is 5.34. The van der Waals surface area contributed by atoms with Gasteiger partial charge in [0, 0.05) is 38.6 Å². The Morgan fingerprint density at radius 1 is 0.509 bits per heavy atom. The van der Waals surface area contributed by atoms with Crippen molar-refractivity contribution < 1.29 is 0 Å². The van der Waals surface area contributed by atoms with Gasteiger partial charge >= 0.3 is 0 Å². The van der Waals surface area contributed by atoms with E-state index in [1.165, 1.54) is 33.0 Å². The number of halogens is 1. The summed E-state index contributed by atoms with van der Waals surface area (Å²) < 4.78 is 2.36. The molecule has 0 N–H and O–H groups in total. The number of rotatable bonds is 5. The zero-order valence-electron chi connectivity index (χ0n) is 30.1. The zero-order chi connectivity index (χ0) is 37.3. The van der Waals surface area contributed by atoms with Crippen molar-refractivity contribution in [2.24, 2.45) is 0 Å². The number of nitrogens with zero attached hydrogens (tertiary/aromatic N) is 5. The minimum absolute atomic E-state index is 0.169. The van der Waals surface area contributed by atoms with E-state index in [9.17, 15) is 5.26 Å². The molecule has 0 spiro atoms. The third-order valence-electron chi connectivity index (χ3n) is 10.9. The maximum absolute atomic E-state index is 9.96. The molecule has 5 nitrogen and oxygen atoms in total. The number of benzene rings is 7. The standard InChI is InChI=1S/C49H32ClN5/c1-49(2)41-19-11-9-17-37(41)39-27-40-38-18-10-12-20-44(38)55(45(40)28-42(39)49)36-25-33(32-21-22-43(50)35(23-32)29-51)24-34(26-36)48-53-46(30-13-5-3-6-14-30)52-47(54-48)31-15-7-4-8-16-31/h3-28H,1-2H3. The largest absolute Gasteiger partial charge is 0.309 e. The van der Waals surface area contributed by atoms with Gasteiger partial charge in [-0.2, -0.15) is 5.26 Å². The van der Waals surface area contributed by atoms with E-state index in [0.717, 1.165) is 44.5 Å². The summed E-state index contributed by atoms with van der Waals surface area (Å²) in [7, 11) is 0. The van der Waals surface area contributed by atoms with Crippen molar-refractivity contribution in [1.29, 1.82) is 5.26 Å². The van der Waals surface area contributed by atoms with E-state index in [-0.39, 0.29) is 5.41 Å². The Kier molecular flexibility index (Phi) is 7.52. The van der Waals surface area contributed by atoms with Gasteiger partial charge in [0.05, 0.1) is 21.6 Å². The van der Waals surface area contributed by atoms with Gasteiger partial charge in [-0.05, 0) is 81.9 Å². The fourth-order valence-corrected chi connectivity index (χ4v) is 8.37. The SMILES string of the molecule is CC1(C)c2ccccc2-c2cc3c4ccccc4n(-c4cc(-c5ccc(Cl)c(C#N)c5)cc(-c5nc(-c6ccccc6)nc(-c6ccccc6)n5)c4)c3cc21. The van der Waals surface area contributed by atoms with Crippen molar-refractivity contribution >= 4 is 33.4 Å². The predicted molar refractivity (Wildman–Crippen MR) is 223 cm³/mol. The molecule has 1 aliphatic rings. The highest BCUT2D eigenvalue weighted by Gasteiger charge is 2.36. The van der Waals surface area contributed by atoms with Crippen LogP contribution in [0.3, 0.4) is 0 Å². The Morgan fingerprint density at radius 3 is 1.84 bits per heavy atom. The Morgan fingerprint density at radius 2 is 1.13 bits per heavy atom. The van der Waals surface area contributed by atoms with Gasteiger partial charge in [-0.1, -0.05) is 135 Å². The van der Waals surface area contributed by atoms with Crippen molar-refractivity contribution in [3.8, 4) is 68.2 Å². The highest BCUT2D eigenvalue weighted by molar-refractivity contribution is 6.31. The lowest BCUT2D eigenvalue weighted by Gasteiger charge is -2.22. The average molecular weight is 726 g/mol. The molecule has 0 amide bonds. The number of hydrogen-bond donors (Lipinski definition) is 0. The van der Waals surface area contributed by atoms with E-state index in [0.29, 0.717) is 28.1 Å². The van der Waals surface area contributed by atoms with Crippen LogP contribution >= 0.6 is 11.6 Å². The molecule has 0 bridgehead atoms. The minimum atomic E-state index is -0.169. The molecule has 260 valence electrons. The summed E-state index contributed by atoms with van der Waals surface area (Å²) in [6.07, 6.45) is 0. The summed E-state index contributed by atoms with van der Waals surface area (Å²) in [6, 6.07) is 56.5. The first-order chi connectivity index (χ1) is 26.9. The minimum Gasteiger partial charge on any atom is -0.309 e. The first-order valence-electron chi connectivity index (χ1n) is 18.3. The summed E-state index contributed by atoms with van der Waals surface area (Å²) >= 11 is 6.45. The lowest BCUT2D eigenvalue weighted by Crippen LogP contribution is -2.15. The monoisotopic (exact) mass is 725 g/mol. The van der Waals surface area contributed by atoms with Crippen LogP contribution in [0.15, 0.2) is 158 Å². The molecule has 0 fully saturated rings. The van der Waals surface area contributed by atoms with E-state index < -0.39 is 0 Å². The van der Waals surface area contributed by atoms with Gasteiger partial charge in [0.2, 0.25) is 0 Å². The van der Waals surface area contributed by atoms with Crippen LogP contribution in [0.2, 0.25) is 5.02 Å². The van der Waals surface area contributed by atoms with Gasteiger partial charge in [-0.3, -0.25) is 0 Å². The van der Waals surface area contributed by atoms with Crippen LogP contribution in [0.4, 0.5) is 0 Å². The molecule has 55 heavy (non-hydrogen) atoms. The molecular formula is C49H32ClN5. The summed E-state index contributed by atoms with van der Waals surface area (Å²) in [5.74, 6) is 1.72. The van der Waals surface area contributed by atoms with Gasteiger partial charge in [0.15, 0.2) is 17.5 Å². The third-order valence-corrected chi connectivity index (χ3v) is 11.3. The lowest BCUT2D eigenvalue weighted by atomic mass is 9.82. The van der Waals surface area contributed by atoms with Crippen LogP contribution in [0, 0.1) is 11.3 Å². The Hall–Kier alpha value is -6.87. The molecular weight excluding hydrogens is 694 g/mol. The molecule has 2 aromatic heterocycles. The summed E-state index contributed by atoms with van der Waals surface area (Å²) in [5, 5.41) is 12.7. The summed E-state index contributed by atoms with van der Waals surface area (Å²) in [5.41, 5.74) is 13.0. The predicted octanol–water partition coefficient (Wildman–Crippen LogP) is 12.5. The smallest absolute Gasteiger partial charge is 0.164 e. The van der Waals surface area contributed by atoms with E-state index in [2.05, 4.69) is 103 Å². The summed E-state index contributed by atoms with van der Waals surface area (Å²) in [4.78, 5) is 15.2. The molecule has 10 rings (SSSR count). The number of nitriles is 1. The average Bonchev–Trinajstić information content (AvgIpc) is 3.68. The second-order valence-electron chi connectivity index (χ2n) is 14.6. The van der Waals surface area contributed by atoms with Crippen LogP contribution in [-0.4, -0.2) is 19.5 Å². The van der Waals surface area contributed by atoms with E-state index in [1.807, 2.05) is 72.8 Å². The maximum Gasteiger partial charge on any atom is 0.164 e. The second-order valence-corrected chi connectivity index (χ2v) is 15.0. The Labute approximate surface area is 323 Å². The molecule has 9 aromatic rings. The first-order valence-corrected chi connectivity index (χ1v) is 18.7. The Bertz CT molecular complexity index is 2970. The number of para-hydroxylation sites is 1. The quantitative estimate of drug-likeness (QED) is 0.177. The first kappa shape index (κ1) is 32.8. The molecule has 0 atom stereocenters. The van der Waals surface area contributed by atoms with Gasteiger partial charge in [-0.15, -0.1) is 0 Å². The number of aromatic nitrogens is 4. The van der Waals surface area contributed by atoms with Crippen molar-refractivity contribution in [3.05, 3.63) is 179 Å². The molecule has 0 unspecified atom stereocenters. The van der Waals surface area contributed by atoms with Crippen LogP contribution in [-0.2, 0) is 5.41 Å². The highest BCUT2D eigenvalue weighted by atomic mass is 35.5. The van der Waals surface area contributed by atoms with Crippen LogP contribution in [0.1, 0.15) is 30.5 Å². The fraction of sp³-hybridized carbons (Fsp3) is 0.0612. The lowest BCUT2D eigenvalue weighted by molar-refractivity contribution is 0.661. The number of fused-ring (bicyclic) bond motifs is 6. The van der Waals surface area contributed by atoms with Crippen LogP contribution in [0.5, 0.6) is 0 Å². The zero-order valence-corrected chi connectivity index (χ0v) is 30.9. The number of hydrogen-bond acceptors (Lipinski definition) is 4. The second kappa shape index (κ2) is 12.6. The molecule has 2 heterocycles. The van der Waals surface area contributed by atoms with Crippen molar-refractivity contribution in [3.63, 3.8) is 0 Å². The van der Waals surface area contributed by atoms with Gasteiger partial charge < -0.3 is 4.57 Å². The van der Waals surface area contributed by atoms with E-state index in [1.54, 1.807) is 6.07 Å². The maximum atomic E-state index is 9.96. The normalized spacial score (nSPS) is 12.8. The van der Waals surface area contributed by atoms with Crippen molar-refractivity contribution in [2.75, 3.05) is 0 Å². The molecule has 7 aromatic carbocycles. The highest BCUT2D eigenvalue weighted by Crippen LogP contribution is 2.51. The summed E-state index contributed by atoms with van der Waals surface area (Å²) in [6.45, 7) is 4.63. The van der Waals surface area contributed by atoms with Gasteiger partial charge in [0.1, 0.15) is 6.07 Å². The van der Waals surface area contributed by atoms with Crippen molar-refractivity contribution in [1.82, 2.24) is 19.5 Å². The van der Waals surface area contributed by atoms with Crippen LogP contribution in [0.25, 0.3) is 83.9 Å². The van der Waals surface area contributed by atoms with Gasteiger partial charge in [-0.25, -0.2) is 15.0 Å². The van der Waals surface area contributed by atoms with E-state index in [4.69, 9.17) is 26.6 Å². The molecule has 0 aliphatic heterocycles. The topological polar surface area (TPSA) is 67.4 Å². The molecule has 1 aliphatic carbocycles. The Balaban J connectivity index is 1.27. The van der Waals surface area contributed by atoms with Crippen LogP contribution < -0.4 is 0 Å². The molecule has 0 radical (unpaired) electrons. The van der Waals surface area contributed by atoms with E-state index >= 15 is 0 Å². The molecule has 0 saturated carbocycles. The molecule has 6 heteroatoms. The van der Waals surface area contributed by atoms with Gasteiger partial charge in [0.25, 0.3) is 0 Å².